The number of H-pyrrole nitrogens is 1. The molecule has 21 heavy (non-hydrogen) atoms. The van der Waals surface area contributed by atoms with Crippen molar-refractivity contribution in [1.29, 1.82) is 0 Å². The van der Waals surface area contributed by atoms with Gasteiger partial charge in [0.15, 0.2) is 0 Å². The Morgan fingerprint density at radius 2 is 2.00 bits per heavy atom. The van der Waals surface area contributed by atoms with Crippen LogP contribution in [0.1, 0.15) is 21.7 Å². The van der Waals surface area contributed by atoms with Crippen LogP contribution in [0, 0.1) is 6.92 Å². The van der Waals surface area contributed by atoms with E-state index < -0.39 is 5.97 Å². The average Bonchev–Trinajstić information content (AvgIpc) is 2.90. The molecule has 0 atom stereocenters. The second-order valence-electron chi connectivity index (χ2n) is 4.18. The molecule has 0 unspecified atom stereocenters. The minimum Gasteiger partial charge on any atom is -0.465 e. The summed E-state index contributed by atoms with van der Waals surface area (Å²) in [6.07, 6.45) is 2.98. The molecule has 2 N–H and O–H groups in total. The molecule has 1 amide bonds. The van der Waals surface area contributed by atoms with Gasteiger partial charge in [0.2, 0.25) is 5.95 Å². The first kappa shape index (κ1) is 14.4. The number of aromatic amines is 1. The van der Waals surface area contributed by atoms with E-state index in [4.69, 9.17) is 0 Å². The van der Waals surface area contributed by atoms with E-state index in [1.165, 1.54) is 13.2 Å². The van der Waals surface area contributed by atoms with Gasteiger partial charge in [-0.1, -0.05) is 12.1 Å². The van der Waals surface area contributed by atoms with Crippen molar-refractivity contribution in [1.82, 2.24) is 15.2 Å². The fourth-order valence-corrected chi connectivity index (χ4v) is 1.57. The molecule has 0 fully saturated rings. The number of hydrogen-bond donors (Lipinski definition) is 2. The largest absolute Gasteiger partial charge is 0.465 e. The average molecular weight is 286 g/mol. The Labute approximate surface area is 121 Å². The molecule has 0 radical (unpaired) electrons. The molecule has 7 heteroatoms. The number of aromatic nitrogens is 3. The van der Waals surface area contributed by atoms with Crippen molar-refractivity contribution in [3.05, 3.63) is 47.3 Å². The van der Waals surface area contributed by atoms with Gasteiger partial charge in [0.05, 0.1) is 12.7 Å². The summed E-state index contributed by atoms with van der Waals surface area (Å²) in [5, 5.41) is 8.94. The van der Waals surface area contributed by atoms with Gasteiger partial charge in [-0.25, -0.2) is 4.79 Å². The second-order valence-corrected chi connectivity index (χ2v) is 4.18. The zero-order valence-corrected chi connectivity index (χ0v) is 11.6. The highest BCUT2D eigenvalue weighted by molar-refractivity contribution is 6.01. The standard InChI is InChI=1S/C14H14N4O3/c1-9-15-14(18-17-9)16-12(19)8-5-10-3-6-11(7-4-10)13(20)21-2/h3-8H,1-2H3,(H2,15,16,17,18,19)/b8-5-. The normalized spacial score (nSPS) is 10.6. The zero-order valence-electron chi connectivity index (χ0n) is 11.6. The molecule has 108 valence electrons. The lowest BCUT2D eigenvalue weighted by Gasteiger charge is -1.99. The molecule has 7 nitrogen and oxygen atoms in total. The van der Waals surface area contributed by atoms with Gasteiger partial charge in [-0.05, 0) is 30.7 Å². The van der Waals surface area contributed by atoms with Crippen LogP contribution in [0.3, 0.4) is 0 Å². The van der Waals surface area contributed by atoms with Gasteiger partial charge in [-0.2, -0.15) is 4.98 Å². The van der Waals surface area contributed by atoms with Crippen LogP contribution >= 0.6 is 0 Å². The van der Waals surface area contributed by atoms with Gasteiger partial charge in [-0.15, -0.1) is 5.10 Å². The summed E-state index contributed by atoms with van der Waals surface area (Å²) in [6, 6.07) is 6.68. The second kappa shape index (κ2) is 6.47. The van der Waals surface area contributed by atoms with E-state index in [9.17, 15) is 9.59 Å². The first-order chi connectivity index (χ1) is 10.1. The fraction of sp³-hybridized carbons (Fsp3) is 0.143. The number of esters is 1. The Hall–Kier alpha value is -2.96. The molecule has 0 saturated heterocycles. The monoisotopic (exact) mass is 286 g/mol. The van der Waals surface area contributed by atoms with Crippen LogP contribution in [-0.4, -0.2) is 34.2 Å². The maximum Gasteiger partial charge on any atom is 0.337 e. The first-order valence-corrected chi connectivity index (χ1v) is 6.15. The highest BCUT2D eigenvalue weighted by atomic mass is 16.5. The summed E-state index contributed by atoms with van der Waals surface area (Å²) >= 11 is 0. The summed E-state index contributed by atoms with van der Waals surface area (Å²) < 4.78 is 4.60. The summed E-state index contributed by atoms with van der Waals surface area (Å²) in [5.74, 6) is 0.102. The Morgan fingerprint density at radius 3 is 2.57 bits per heavy atom. The third kappa shape index (κ3) is 4.00. The highest BCUT2D eigenvalue weighted by Gasteiger charge is 2.04. The quantitative estimate of drug-likeness (QED) is 0.656. The van der Waals surface area contributed by atoms with Crippen LogP contribution in [-0.2, 0) is 9.53 Å². The van der Waals surface area contributed by atoms with Crippen LogP contribution < -0.4 is 5.32 Å². The first-order valence-electron chi connectivity index (χ1n) is 6.15. The fourth-order valence-electron chi connectivity index (χ4n) is 1.57. The molecule has 0 saturated carbocycles. The number of carbonyl (C=O) groups excluding carboxylic acids is 2. The SMILES string of the molecule is COC(=O)c1ccc(/C=C\C(=O)Nc2n[nH]c(C)n2)cc1. The molecule has 1 aromatic heterocycles. The van der Waals surface area contributed by atoms with E-state index in [-0.39, 0.29) is 11.9 Å². The molecule has 0 aliphatic rings. The molecule has 0 spiro atoms. The van der Waals surface area contributed by atoms with Crippen LogP contribution in [0.15, 0.2) is 30.3 Å². The van der Waals surface area contributed by atoms with Crippen LogP contribution in [0.2, 0.25) is 0 Å². The van der Waals surface area contributed by atoms with Crippen LogP contribution in [0.25, 0.3) is 6.08 Å². The lowest BCUT2D eigenvalue weighted by atomic mass is 10.1. The Kier molecular flexibility index (Phi) is 4.45. The number of carbonyl (C=O) groups is 2. The molecular weight excluding hydrogens is 272 g/mol. The molecular formula is C14H14N4O3. The Balaban J connectivity index is 1.97. The van der Waals surface area contributed by atoms with E-state index in [1.54, 1.807) is 37.3 Å². The van der Waals surface area contributed by atoms with Crippen molar-refractivity contribution in [2.24, 2.45) is 0 Å². The van der Waals surface area contributed by atoms with Crippen molar-refractivity contribution in [2.75, 3.05) is 12.4 Å². The third-order valence-electron chi connectivity index (χ3n) is 2.59. The molecule has 1 aromatic carbocycles. The minimum absolute atomic E-state index is 0.225. The number of ether oxygens (including phenoxy) is 1. The van der Waals surface area contributed by atoms with Crippen molar-refractivity contribution in [3.63, 3.8) is 0 Å². The molecule has 0 aliphatic carbocycles. The molecule has 0 aliphatic heterocycles. The van der Waals surface area contributed by atoms with E-state index in [2.05, 4.69) is 25.2 Å². The maximum absolute atomic E-state index is 11.7. The molecule has 0 bridgehead atoms. The van der Waals surface area contributed by atoms with Crippen molar-refractivity contribution in [2.45, 2.75) is 6.92 Å². The Bertz CT molecular complexity index is 674. The van der Waals surface area contributed by atoms with E-state index in [1.807, 2.05) is 0 Å². The summed E-state index contributed by atoms with van der Waals surface area (Å²) in [5.41, 5.74) is 1.24. The summed E-state index contributed by atoms with van der Waals surface area (Å²) in [7, 11) is 1.32. The molecule has 2 aromatic rings. The van der Waals surface area contributed by atoms with Crippen LogP contribution in [0.4, 0.5) is 5.95 Å². The predicted octanol–water partition coefficient (Wildman–Crippen LogP) is 1.55. The van der Waals surface area contributed by atoms with E-state index in [0.29, 0.717) is 11.4 Å². The number of amides is 1. The van der Waals surface area contributed by atoms with Crippen molar-refractivity contribution in [3.8, 4) is 0 Å². The van der Waals surface area contributed by atoms with Gasteiger partial charge >= 0.3 is 5.97 Å². The lowest BCUT2D eigenvalue weighted by molar-refractivity contribution is -0.111. The minimum atomic E-state index is -0.400. The van der Waals surface area contributed by atoms with Crippen molar-refractivity contribution >= 4 is 23.9 Å². The van der Waals surface area contributed by atoms with E-state index >= 15 is 0 Å². The van der Waals surface area contributed by atoms with Gasteiger partial charge in [0.25, 0.3) is 5.91 Å². The Morgan fingerprint density at radius 1 is 1.29 bits per heavy atom. The van der Waals surface area contributed by atoms with E-state index in [0.717, 1.165) is 5.56 Å². The number of methoxy groups -OCH3 is 1. The zero-order chi connectivity index (χ0) is 15.2. The lowest BCUT2D eigenvalue weighted by Crippen LogP contribution is -2.09. The predicted molar refractivity (Wildman–Crippen MR) is 76.6 cm³/mol. The number of aryl methyl sites for hydroxylation is 1. The van der Waals surface area contributed by atoms with Gasteiger partial charge in [0.1, 0.15) is 5.82 Å². The van der Waals surface area contributed by atoms with Crippen LogP contribution in [0.5, 0.6) is 0 Å². The molecule has 2 rings (SSSR count). The number of anilines is 1. The summed E-state index contributed by atoms with van der Waals surface area (Å²) in [6.45, 7) is 1.74. The number of rotatable bonds is 4. The topological polar surface area (TPSA) is 97.0 Å². The number of hydrogen-bond acceptors (Lipinski definition) is 5. The third-order valence-corrected chi connectivity index (χ3v) is 2.59. The van der Waals surface area contributed by atoms with Gasteiger partial charge < -0.3 is 4.74 Å². The highest BCUT2D eigenvalue weighted by Crippen LogP contribution is 2.07. The van der Waals surface area contributed by atoms with Gasteiger partial charge in [0, 0.05) is 6.08 Å². The molecule has 1 heterocycles. The summed E-state index contributed by atoms with van der Waals surface area (Å²) in [4.78, 5) is 26.9. The smallest absolute Gasteiger partial charge is 0.337 e. The number of benzene rings is 1. The number of nitrogens with one attached hydrogen (secondary N) is 2. The van der Waals surface area contributed by atoms with Gasteiger partial charge in [-0.3, -0.25) is 15.2 Å². The maximum atomic E-state index is 11.7. The van der Waals surface area contributed by atoms with Crippen molar-refractivity contribution < 1.29 is 14.3 Å². The number of nitrogens with zero attached hydrogens (tertiary/aromatic N) is 2.